The van der Waals surface area contributed by atoms with E-state index >= 15 is 0 Å². The van der Waals surface area contributed by atoms with Gasteiger partial charge in [-0.1, -0.05) is 30.5 Å². The van der Waals surface area contributed by atoms with Gasteiger partial charge in [-0.05, 0) is 54.1 Å². The Labute approximate surface area is 197 Å². The monoisotopic (exact) mass is 480 g/mol. The first-order chi connectivity index (χ1) is 15.9. The molecule has 2 aromatic carbocycles. The molecule has 0 bridgehead atoms. The second-order valence-corrected chi connectivity index (χ2v) is 11.0. The number of rotatable bonds is 7. The van der Waals surface area contributed by atoms with Crippen molar-refractivity contribution in [3.63, 3.8) is 0 Å². The molecular weight excluding hydrogens is 456 g/mol. The molecule has 1 amide bonds. The highest BCUT2D eigenvalue weighted by Crippen LogP contribution is 2.27. The third-order valence-electron chi connectivity index (χ3n) is 5.22. The highest BCUT2D eigenvalue weighted by molar-refractivity contribution is 7.99. The number of sulfone groups is 1. The van der Waals surface area contributed by atoms with Crippen LogP contribution in [-0.2, 0) is 21.1 Å². The molecule has 2 heterocycles. The Morgan fingerprint density at radius 1 is 1.06 bits per heavy atom. The van der Waals surface area contributed by atoms with E-state index < -0.39 is 9.84 Å². The van der Waals surface area contributed by atoms with Gasteiger partial charge < -0.3 is 10.2 Å². The van der Waals surface area contributed by atoms with Crippen LogP contribution in [0, 0.1) is 0 Å². The molecule has 1 aromatic heterocycles. The Balaban J connectivity index is 1.37. The Bertz CT molecular complexity index is 1230. The van der Waals surface area contributed by atoms with Crippen LogP contribution in [0.3, 0.4) is 0 Å². The van der Waals surface area contributed by atoms with Gasteiger partial charge >= 0.3 is 0 Å². The van der Waals surface area contributed by atoms with E-state index in [-0.39, 0.29) is 17.4 Å². The predicted molar refractivity (Wildman–Crippen MR) is 132 cm³/mol. The van der Waals surface area contributed by atoms with Crippen LogP contribution in [0.4, 0.5) is 11.4 Å². The minimum absolute atomic E-state index is 0.208. The van der Waals surface area contributed by atoms with Crippen molar-refractivity contribution in [2.45, 2.75) is 16.3 Å². The Morgan fingerprint density at radius 3 is 2.42 bits per heavy atom. The maximum Gasteiger partial charge on any atom is 0.247 e. The fourth-order valence-corrected chi connectivity index (χ4v) is 5.42. The molecule has 1 aliphatic heterocycles. The second-order valence-electron chi connectivity index (χ2n) is 7.61. The lowest BCUT2D eigenvalue weighted by molar-refractivity contribution is -0.111. The van der Waals surface area contributed by atoms with Gasteiger partial charge in [0.25, 0.3) is 0 Å². The summed E-state index contributed by atoms with van der Waals surface area (Å²) in [5.41, 5.74) is 2.83. The van der Waals surface area contributed by atoms with Crippen LogP contribution in [0.1, 0.15) is 11.4 Å². The standard InChI is InChI=1S/C24H24N4O3S2/c1-2-23(29)26-19-5-9-21(10-6-19)32-24-11-12-25-22(27-24)17-18-3-7-20(8-4-18)28-13-15-33(30,31)16-14-28/h2-12H,1,13-17H2,(H,26,29). The summed E-state index contributed by atoms with van der Waals surface area (Å²) < 4.78 is 23.3. The predicted octanol–water partition coefficient (Wildman–Crippen LogP) is 3.58. The second kappa shape index (κ2) is 10.2. The highest BCUT2D eigenvalue weighted by Gasteiger charge is 2.21. The van der Waals surface area contributed by atoms with Crippen molar-refractivity contribution in [1.29, 1.82) is 0 Å². The number of benzene rings is 2. The molecule has 0 saturated carbocycles. The molecule has 0 spiro atoms. The molecule has 1 aliphatic rings. The molecule has 0 radical (unpaired) electrons. The number of hydrogen-bond acceptors (Lipinski definition) is 7. The molecule has 1 saturated heterocycles. The molecule has 9 heteroatoms. The van der Waals surface area contributed by atoms with Gasteiger partial charge in [-0.25, -0.2) is 18.4 Å². The van der Waals surface area contributed by atoms with Gasteiger partial charge in [0.15, 0.2) is 9.84 Å². The third-order valence-corrected chi connectivity index (χ3v) is 7.77. The molecule has 0 unspecified atom stereocenters. The highest BCUT2D eigenvalue weighted by atomic mass is 32.2. The first-order valence-electron chi connectivity index (χ1n) is 10.5. The van der Waals surface area contributed by atoms with Gasteiger partial charge in [0.05, 0.1) is 11.5 Å². The molecule has 7 nitrogen and oxygen atoms in total. The molecule has 0 atom stereocenters. The summed E-state index contributed by atoms with van der Waals surface area (Å²) in [7, 11) is -2.89. The van der Waals surface area contributed by atoms with Crippen molar-refractivity contribution >= 4 is 38.9 Å². The molecule has 3 aromatic rings. The smallest absolute Gasteiger partial charge is 0.247 e. The maximum atomic E-state index is 11.6. The minimum Gasteiger partial charge on any atom is -0.369 e. The molecule has 0 aliphatic carbocycles. The summed E-state index contributed by atoms with van der Waals surface area (Å²) in [5.74, 6) is 0.901. The van der Waals surface area contributed by atoms with Gasteiger partial charge in [0, 0.05) is 42.0 Å². The van der Waals surface area contributed by atoms with E-state index in [1.165, 1.54) is 17.8 Å². The zero-order valence-corrected chi connectivity index (χ0v) is 19.6. The molecular formula is C24H24N4O3S2. The van der Waals surface area contributed by atoms with Crippen LogP contribution in [-0.4, -0.2) is 48.9 Å². The summed E-state index contributed by atoms with van der Waals surface area (Å²) in [6, 6.07) is 17.5. The van der Waals surface area contributed by atoms with Crippen LogP contribution in [0.2, 0.25) is 0 Å². The van der Waals surface area contributed by atoms with Crippen LogP contribution in [0.15, 0.2) is 83.4 Å². The lowest BCUT2D eigenvalue weighted by Crippen LogP contribution is -2.40. The van der Waals surface area contributed by atoms with Crippen molar-refractivity contribution < 1.29 is 13.2 Å². The summed E-state index contributed by atoms with van der Waals surface area (Å²) in [6.45, 7) is 4.51. The minimum atomic E-state index is -2.89. The van der Waals surface area contributed by atoms with E-state index in [0.29, 0.717) is 25.2 Å². The normalized spacial score (nSPS) is 15.1. The van der Waals surface area contributed by atoms with Crippen LogP contribution < -0.4 is 10.2 Å². The van der Waals surface area contributed by atoms with Gasteiger partial charge in [-0.2, -0.15) is 0 Å². The average Bonchev–Trinajstić information content (AvgIpc) is 2.81. The topological polar surface area (TPSA) is 92.3 Å². The summed E-state index contributed by atoms with van der Waals surface area (Å²) in [5, 5.41) is 3.57. The third kappa shape index (κ3) is 6.43. The van der Waals surface area contributed by atoms with Crippen molar-refractivity contribution in [2.75, 3.05) is 34.8 Å². The molecule has 1 fully saturated rings. The Hall–Kier alpha value is -3.17. The summed E-state index contributed by atoms with van der Waals surface area (Å²) >= 11 is 1.53. The lowest BCUT2D eigenvalue weighted by Gasteiger charge is -2.28. The number of anilines is 2. The first-order valence-corrected chi connectivity index (χ1v) is 13.1. The van der Waals surface area contributed by atoms with Crippen molar-refractivity contribution in [2.24, 2.45) is 0 Å². The number of hydrogen-bond donors (Lipinski definition) is 1. The largest absolute Gasteiger partial charge is 0.369 e. The van der Waals surface area contributed by atoms with Gasteiger partial charge in [-0.15, -0.1) is 0 Å². The van der Waals surface area contributed by atoms with Gasteiger partial charge in [-0.3, -0.25) is 4.79 Å². The lowest BCUT2D eigenvalue weighted by atomic mass is 10.1. The van der Waals surface area contributed by atoms with Crippen LogP contribution >= 0.6 is 11.8 Å². The summed E-state index contributed by atoms with van der Waals surface area (Å²) in [4.78, 5) is 23.6. The van der Waals surface area contributed by atoms with E-state index in [0.717, 1.165) is 27.0 Å². The molecule has 170 valence electrons. The number of carbonyl (C=O) groups excluding carboxylic acids is 1. The summed E-state index contributed by atoms with van der Waals surface area (Å²) in [6.07, 6.45) is 3.60. The Kier molecular flexibility index (Phi) is 7.10. The fraction of sp³-hybridized carbons (Fsp3) is 0.208. The maximum absolute atomic E-state index is 11.6. The van der Waals surface area contributed by atoms with Crippen LogP contribution in [0.5, 0.6) is 0 Å². The van der Waals surface area contributed by atoms with E-state index in [9.17, 15) is 13.2 Å². The van der Waals surface area contributed by atoms with E-state index in [4.69, 9.17) is 0 Å². The van der Waals surface area contributed by atoms with E-state index in [1.54, 1.807) is 6.20 Å². The number of amides is 1. The molecule has 33 heavy (non-hydrogen) atoms. The van der Waals surface area contributed by atoms with Gasteiger partial charge in [0.2, 0.25) is 5.91 Å². The number of nitrogens with one attached hydrogen (secondary N) is 1. The van der Waals surface area contributed by atoms with Crippen molar-refractivity contribution in [3.8, 4) is 0 Å². The number of nitrogens with zero attached hydrogens (tertiary/aromatic N) is 3. The number of carbonyl (C=O) groups is 1. The quantitative estimate of drug-likeness (QED) is 0.408. The zero-order valence-electron chi connectivity index (χ0n) is 18.0. The van der Waals surface area contributed by atoms with E-state index in [1.807, 2.05) is 54.6 Å². The zero-order chi connectivity index (χ0) is 23.3. The van der Waals surface area contributed by atoms with Gasteiger partial charge in [0.1, 0.15) is 10.9 Å². The average molecular weight is 481 g/mol. The fourth-order valence-electron chi connectivity index (χ4n) is 3.42. The SMILES string of the molecule is C=CC(=O)Nc1ccc(Sc2ccnc(Cc3ccc(N4CCS(=O)(=O)CC4)cc3)n2)cc1. The van der Waals surface area contributed by atoms with E-state index in [2.05, 4.69) is 26.8 Å². The molecule has 4 rings (SSSR count). The van der Waals surface area contributed by atoms with Crippen LogP contribution in [0.25, 0.3) is 0 Å². The Morgan fingerprint density at radius 2 is 1.76 bits per heavy atom. The van der Waals surface area contributed by atoms with Crippen molar-refractivity contribution in [3.05, 3.63) is 84.8 Å². The van der Waals surface area contributed by atoms with Crippen molar-refractivity contribution in [1.82, 2.24) is 9.97 Å². The first kappa shape index (κ1) is 23.0. The number of aromatic nitrogens is 2. The molecule has 1 N–H and O–H groups in total.